The van der Waals surface area contributed by atoms with Gasteiger partial charge in [0.2, 0.25) is 0 Å². The van der Waals surface area contributed by atoms with Crippen molar-refractivity contribution in [1.82, 2.24) is 15.1 Å². The Hall–Kier alpha value is -1.81. The van der Waals surface area contributed by atoms with Gasteiger partial charge in [-0.2, -0.15) is 5.10 Å². The summed E-state index contributed by atoms with van der Waals surface area (Å²) in [5.74, 6) is 0.794. The Labute approximate surface area is 120 Å². The highest BCUT2D eigenvalue weighted by Gasteiger charge is 2.16. The molecule has 1 saturated heterocycles. The lowest BCUT2D eigenvalue weighted by atomic mass is 9.97. The number of hydrogen-bond acceptors (Lipinski definition) is 3. The van der Waals surface area contributed by atoms with Gasteiger partial charge in [-0.25, -0.2) is 0 Å². The van der Waals surface area contributed by atoms with Gasteiger partial charge in [0, 0.05) is 24.0 Å². The molecule has 1 aromatic carbocycles. The van der Waals surface area contributed by atoms with Gasteiger partial charge in [0.25, 0.3) is 0 Å². The number of aromatic amines is 1. The number of nitrogens with zero attached hydrogens (tertiary/aromatic N) is 2. The molecule has 1 fully saturated rings. The molecule has 1 aromatic heterocycles. The predicted octanol–water partition coefficient (Wildman–Crippen LogP) is 2.83. The van der Waals surface area contributed by atoms with Gasteiger partial charge in [-0.1, -0.05) is 12.1 Å². The molecule has 4 nitrogen and oxygen atoms in total. The lowest BCUT2D eigenvalue weighted by molar-refractivity contribution is 0.226. The first kappa shape index (κ1) is 13.2. The van der Waals surface area contributed by atoms with Gasteiger partial charge >= 0.3 is 0 Å². The topological polar surface area (TPSA) is 44.0 Å². The summed E-state index contributed by atoms with van der Waals surface area (Å²) in [7, 11) is 2.21. The second-order valence-corrected chi connectivity index (χ2v) is 5.68. The first-order valence-corrected chi connectivity index (χ1v) is 7.33. The maximum atomic E-state index is 4.00. The molecule has 2 aromatic rings. The normalized spacial score (nSPS) is 17.2. The molecule has 0 amide bonds. The van der Waals surface area contributed by atoms with Gasteiger partial charge in [0.1, 0.15) is 0 Å². The van der Waals surface area contributed by atoms with Gasteiger partial charge in [0.05, 0.1) is 5.69 Å². The lowest BCUT2D eigenvalue weighted by Gasteiger charge is -2.29. The van der Waals surface area contributed by atoms with Crippen molar-refractivity contribution in [3.05, 3.63) is 36.5 Å². The van der Waals surface area contributed by atoms with E-state index < -0.39 is 0 Å². The molecular formula is C16H22N4. The molecule has 0 bridgehead atoms. The molecule has 3 rings (SSSR count). The number of anilines is 1. The number of H-pyrrole nitrogens is 1. The third kappa shape index (κ3) is 3.20. The predicted molar refractivity (Wildman–Crippen MR) is 82.7 cm³/mol. The lowest BCUT2D eigenvalue weighted by Crippen LogP contribution is -2.32. The molecule has 1 aliphatic heterocycles. The minimum absolute atomic E-state index is 0.794. The fourth-order valence-electron chi connectivity index (χ4n) is 2.74. The van der Waals surface area contributed by atoms with Crippen molar-refractivity contribution in [3.63, 3.8) is 0 Å². The van der Waals surface area contributed by atoms with E-state index in [1.165, 1.54) is 37.2 Å². The van der Waals surface area contributed by atoms with E-state index in [1.807, 2.05) is 6.07 Å². The Morgan fingerprint density at radius 2 is 2.15 bits per heavy atom. The van der Waals surface area contributed by atoms with E-state index in [-0.39, 0.29) is 0 Å². The summed E-state index contributed by atoms with van der Waals surface area (Å²) in [4.78, 5) is 2.41. The highest BCUT2D eigenvalue weighted by molar-refractivity contribution is 5.64. The van der Waals surface area contributed by atoms with Crippen LogP contribution in [-0.4, -0.2) is 41.8 Å². The van der Waals surface area contributed by atoms with Crippen molar-refractivity contribution in [2.45, 2.75) is 12.8 Å². The molecule has 0 radical (unpaired) electrons. The van der Waals surface area contributed by atoms with Crippen molar-refractivity contribution in [3.8, 4) is 11.3 Å². The highest BCUT2D eigenvalue weighted by Crippen LogP contribution is 2.22. The molecule has 1 aliphatic rings. The van der Waals surface area contributed by atoms with Gasteiger partial charge < -0.3 is 10.2 Å². The molecule has 0 atom stereocenters. The van der Waals surface area contributed by atoms with Crippen LogP contribution in [0.2, 0.25) is 0 Å². The first-order chi connectivity index (χ1) is 9.81. The molecule has 0 saturated carbocycles. The Kier molecular flexibility index (Phi) is 4.02. The van der Waals surface area contributed by atoms with E-state index in [4.69, 9.17) is 0 Å². The summed E-state index contributed by atoms with van der Waals surface area (Å²) < 4.78 is 0. The van der Waals surface area contributed by atoms with Crippen LogP contribution in [0.4, 0.5) is 5.69 Å². The van der Waals surface area contributed by atoms with E-state index in [9.17, 15) is 0 Å². The molecule has 0 unspecified atom stereocenters. The maximum absolute atomic E-state index is 4.00. The quantitative estimate of drug-likeness (QED) is 0.898. The molecule has 0 spiro atoms. The Balaban J connectivity index is 1.59. The van der Waals surface area contributed by atoms with Crippen LogP contribution in [0.15, 0.2) is 36.5 Å². The van der Waals surface area contributed by atoms with Gasteiger partial charge in [0.15, 0.2) is 0 Å². The molecule has 2 heterocycles. The van der Waals surface area contributed by atoms with E-state index in [1.54, 1.807) is 6.20 Å². The average molecular weight is 270 g/mol. The van der Waals surface area contributed by atoms with E-state index in [0.717, 1.165) is 18.2 Å². The average Bonchev–Trinajstić information content (AvgIpc) is 3.01. The minimum Gasteiger partial charge on any atom is -0.385 e. The summed E-state index contributed by atoms with van der Waals surface area (Å²) >= 11 is 0. The monoisotopic (exact) mass is 270 g/mol. The number of hydrogen-bond donors (Lipinski definition) is 2. The molecule has 2 N–H and O–H groups in total. The Morgan fingerprint density at radius 1 is 1.30 bits per heavy atom. The van der Waals surface area contributed by atoms with Gasteiger partial charge in [-0.15, -0.1) is 0 Å². The third-order valence-corrected chi connectivity index (χ3v) is 4.11. The zero-order valence-corrected chi connectivity index (χ0v) is 12.0. The highest BCUT2D eigenvalue weighted by atomic mass is 15.1. The van der Waals surface area contributed by atoms with Crippen molar-refractivity contribution in [2.24, 2.45) is 5.92 Å². The van der Waals surface area contributed by atoms with Gasteiger partial charge in [-0.05, 0) is 57.1 Å². The number of aromatic nitrogens is 2. The number of benzene rings is 1. The summed E-state index contributed by atoms with van der Waals surface area (Å²) in [5.41, 5.74) is 3.43. The van der Waals surface area contributed by atoms with E-state index >= 15 is 0 Å². The summed E-state index contributed by atoms with van der Waals surface area (Å²) in [6.07, 6.45) is 4.38. The summed E-state index contributed by atoms with van der Waals surface area (Å²) in [5, 5.41) is 10.6. The number of likely N-dealkylation sites (tertiary alicyclic amines) is 1. The van der Waals surface area contributed by atoms with Crippen LogP contribution in [0, 0.1) is 5.92 Å². The third-order valence-electron chi connectivity index (χ3n) is 4.11. The molecule has 20 heavy (non-hydrogen) atoms. The molecular weight excluding hydrogens is 248 g/mol. The van der Waals surface area contributed by atoms with Crippen LogP contribution >= 0.6 is 0 Å². The van der Waals surface area contributed by atoms with Gasteiger partial charge in [-0.3, -0.25) is 5.10 Å². The Morgan fingerprint density at radius 3 is 2.90 bits per heavy atom. The SMILES string of the molecule is CN1CCC(CNc2cccc(-c3ccn[nH]3)c2)CC1. The molecule has 0 aliphatic carbocycles. The zero-order valence-electron chi connectivity index (χ0n) is 12.0. The second kappa shape index (κ2) is 6.09. The fourth-order valence-corrected chi connectivity index (χ4v) is 2.74. The summed E-state index contributed by atoms with van der Waals surface area (Å²) in [6, 6.07) is 10.5. The largest absolute Gasteiger partial charge is 0.385 e. The van der Waals surface area contributed by atoms with E-state index in [2.05, 4.69) is 51.7 Å². The second-order valence-electron chi connectivity index (χ2n) is 5.68. The Bertz CT molecular complexity index is 527. The molecule has 4 heteroatoms. The number of rotatable bonds is 4. The molecule has 106 valence electrons. The standard InChI is InChI=1S/C16H22N4/c1-20-9-6-13(7-10-20)12-17-15-4-2-3-14(11-15)16-5-8-18-19-16/h2-5,8,11,13,17H,6-7,9-10,12H2,1H3,(H,18,19). The van der Waals surface area contributed by atoms with Crippen molar-refractivity contribution < 1.29 is 0 Å². The van der Waals surface area contributed by atoms with Crippen LogP contribution in [0.5, 0.6) is 0 Å². The summed E-state index contributed by atoms with van der Waals surface area (Å²) in [6.45, 7) is 3.52. The van der Waals surface area contributed by atoms with E-state index in [0.29, 0.717) is 0 Å². The van der Waals surface area contributed by atoms with Crippen molar-refractivity contribution in [1.29, 1.82) is 0 Å². The number of piperidine rings is 1. The van der Waals surface area contributed by atoms with Crippen LogP contribution in [0.3, 0.4) is 0 Å². The smallest absolute Gasteiger partial charge is 0.0650 e. The van der Waals surface area contributed by atoms with Crippen LogP contribution < -0.4 is 5.32 Å². The fraction of sp³-hybridized carbons (Fsp3) is 0.438. The van der Waals surface area contributed by atoms with Crippen LogP contribution in [0.1, 0.15) is 12.8 Å². The minimum atomic E-state index is 0.794. The first-order valence-electron chi connectivity index (χ1n) is 7.33. The maximum Gasteiger partial charge on any atom is 0.0650 e. The van der Waals surface area contributed by atoms with Crippen molar-refractivity contribution in [2.75, 3.05) is 32.0 Å². The number of nitrogens with one attached hydrogen (secondary N) is 2. The van der Waals surface area contributed by atoms with Crippen LogP contribution in [-0.2, 0) is 0 Å². The zero-order chi connectivity index (χ0) is 13.8. The van der Waals surface area contributed by atoms with Crippen molar-refractivity contribution >= 4 is 5.69 Å². The van der Waals surface area contributed by atoms with Crippen LogP contribution in [0.25, 0.3) is 11.3 Å².